The number of aryl methyl sites for hydroxylation is 1. The Morgan fingerprint density at radius 2 is 1.89 bits per heavy atom. The zero-order chi connectivity index (χ0) is 19.3. The first kappa shape index (κ1) is 18.2. The van der Waals surface area contributed by atoms with Crippen molar-refractivity contribution >= 4 is 17.4 Å². The summed E-state index contributed by atoms with van der Waals surface area (Å²) in [6.45, 7) is 3.58. The first-order chi connectivity index (χ1) is 13.7. The van der Waals surface area contributed by atoms with E-state index in [4.69, 9.17) is 0 Å². The van der Waals surface area contributed by atoms with E-state index in [1.807, 2.05) is 73.7 Å². The molecule has 0 spiro atoms. The third-order valence-corrected chi connectivity index (χ3v) is 5.12. The normalized spacial score (nSPS) is 16.6. The van der Waals surface area contributed by atoms with Crippen molar-refractivity contribution in [1.82, 2.24) is 10.2 Å². The summed E-state index contributed by atoms with van der Waals surface area (Å²) in [6.07, 6.45) is 1.86. The molecule has 0 radical (unpaired) electrons. The van der Waals surface area contributed by atoms with Crippen molar-refractivity contribution in [3.63, 3.8) is 0 Å². The monoisotopic (exact) mass is 372 g/mol. The SMILES string of the molecule is Cc1cccc(NC(=O)C2CCCN(c3ccc(-c4ccccc4)nn3)C2)c1. The summed E-state index contributed by atoms with van der Waals surface area (Å²) in [5.41, 5.74) is 3.90. The lowest BCUT2D eigenvalue weighted by Gasteiger charge is -2.32. The highest BCUT2D eigenvalue weighted by Crippen LogP contribution is 2.24. The van der Waals surface area contributed by atoms with Gasteiger partial charge in [-0.2, -0.15) is 0 Å². The maximum atomic E-state index is 12.7. The topological polar surface area (TPSA) is 58.1 Å². The van der Waals surface area contributed by atoms with Gasteiger partial charge in [0.2, 0.25) is 5.91 Å². The van der Waals surface area contributed by atoms with Gasteiger partial charge in [-0.1, -0.05) is 42.5 Å². The van der Waals surface area contributed by atoms with Crippen molar-refractivity contribution in [2.75, 3.05) is 23.3 Å². The lowest BCUT2D eigenvalue weighted by atomic mass is 9.97. The van der Waals surface area contributed by atoms with E-state index < -0.39 is 0 Å². The number of rotatable bonds is 4. The minimum atomic E-state index is -0.0511. The maximum absolute atomic E-state index is 12.7. The molecule has 5 nitrogen and oxygen atoms in total. The Morgan fingerprint density at radius 1 is 1.04 bits per heavy atom. The number of nitrogens with one attached hydrogen (secondary N) is 1. The molecule has 1 unspecified atom stereocenters. The summed E-state index contributed by atoms with van der Waals surface area (Å²) in [5.74, 6) is 0.849. The Morgan fingerprint density at radius 3 is 2.64 bits per heavy atom. The number of amides is 1. The van der Waals surface area contributed by atoms with Gasteiger partial charge in [0.15, 0.2) is 5.82 Å². The average Bonchev–Trinajstić information content (AvgIpc) is 2.75. The van der Waals surface area contributed by atoms with E-state index in [1.165, 1.54) is 0 Å². The highest BCUT2D eigenvalue weighted by atomic mass is 16.1. The summed E-state index contributed by atoms with van der Waals surface area (Å²) in [7, 11) is 0. The molecule has 5 heteroatoms. The van der Waals surface area contributed by atoms with Crippen LogP contribution in [0.15, 0.2) is 66.7 Å². The highest BCUT2D eigenvalue weighted by molar-refractivity contribution is 5.93. The quantitative estimate of drug-likeness (QED) is 0.741. The molecule has 1 aliphatic rings. The van der Waals surface area contributed by atoms with Crippen molar-refractivity contribution in [2.24, 2.45) is 5.92 Å². The molecule has 1 N–H and O–H groups in total. The van der Waals surface area contributed by atoms with Gasteiger partial charge in [0.25, 0.3) is 0 Å². The van der Waals surface area contributed by atoms with E-state index in [-0.39, 0.29) is 11.8 Å². The van der Waals surface area contributed by atoms with Crippen LogP contribution in [0.5, 0.6) is 0 Å². The predicted octanol–water partition coefficient (Wildman–Crippen LogP) is 4.31. The van der Waals surface area contributed by atoms with Crippen LogP contribution in [-0.4, -0.2) is 29.2 Å². The molecule has 2 aromatic carbocycles. The van der Waals surface area contributed by atoms with Gasteiger partial charge < -0.3 is 10.2 Å². The highest BCUT2D eigenvalue weighted by Gasteiger charge is 2.26. The second kappa shape index (κ2) is 8.21. The van der Waals surface area contributed by atoms with E-state index in [1.54, 1.807) is 0 Å². The minimum Gasteiger partial charge on any atom is -0.354 e. The molecule has 1 aliphatic heterocycles. The standard InChI is InChI=1S/C23H24N4O/c1-17-7-5-11-20(15-17)24-23(28)19-10-6-14-27(16-19)22-13-12-21(25-26-22)18-8-3-2-4-9-18/h2-5,7-9,11-13,15,19H,6,10,14,16H2,1H3,(H,24,28). The van der Waals surface area contributed by atoms with Gasteiger partial charge in [-0.15, -0.1) is 10.2 Å². The molecule has 0 bridgehead atoms. The molecule has 1 fully saturated rings. The minimum absolute atomic E-state index is 0.0511. The summed E-state index contributed by atoms with van der Waals surface area (Å²) in [4.78, 5) is 14.9. The third-order valence-electron chi connectivity index (χ3n) is 5.12. The molecule has 0 saturated carbocycles. The van der Waals surface area contributed by atoms with Crippen LogP contribution in [0, 0.1) is 12.8 Å². The van der Waals surface area contributed by atoms with Gasteiger partial charge in [0.05, 0.1) is 11.6 Å². The fourth-order valence-electron chi connectivity index (χ4n) is 3.62. The molecule has 2 heterocycles. The number of nitrogens with zero attached hydrogens (tertiary/aromatic N) is 3. The van der Waals surface area contributed by atoms with Crippen LogP contribution in [0.2, 0.25) is 0 Å². The molecule has 0 aliphatic carbocycles. The van der Waals surface area contributed by atoms with E-state index in [9.17, 15) is 4.79 Å². The molecule has 1 atom stereocenters. The van der Waals surface area contributed by atoms with E-state index >= 15 is 0 Å². The number of hydrogen-bond donors (Lipinski definition) is 1. The lowest BCUT2D eigenvalue weighted by molar-refractivity contribution is -0.120. The lowest BCUT2D eigenvalue weighted by Crippen LogP contribution is -2.41. The average molecular weight is 372 g/mol. The number of carbonyl (C=O) groups excluding carboxylic acids is 1. The van der Waals surface area contributed by atoms with Crippen LogP contribution in [-0.2, 0) is 4.79 Å². The van der Waals surface area contributed by atoms with Gasteiger partial charge in [0, 0.05) is 24.3 Å². The van der Waals surface area contributed by atoms with E-state index in [2.05, 4.69) is 20.4 Å². The van der Waals surface area contributed by atoms with Crippen molar-refractivity contribution in [1.29, 1.82) is 0 Å². The van der Waals surface area contributed by atoms with Gasteiger partial charge in [-0.3, -0.25) is 4.79 Å². The Balaban J connectivity index is 1.42. The molecule has 1 saturated heterocycles. The molecular formula is C23H24N4O. The number of benzene rings is 2. The maximum Gasteiger partial charge on any atom is 0.229 e. The van der Waals surface area contributed by atoms with Crippen LogP contribution in [0.3, 0.4) is 0 Å². The molecule has 28 heavy (non-hydrogen) atoms. The largest absolute Gasteiger partial charge is 0.354 e. The molecule has 3 aromatic rings. The fourth-order valence-corrected chi connectivity index (χ4v) is 3.62. The van der Waals surface area contributed by atoms with Crippen molar-refractivity contribution in [2.45, 2.75) is 19.8 Å². The molecule has 1 amide bonds. The Bertz CT molecular complexity index is 940. The first-order valence-corrected chi connectivity index (χ1v) is 9.71. The number of piperidine rings is 1. The van der Waals surface area contributed by atoms with Crippen LogP contribution in [0.25, 0.3) is 11.3 Å². The zero-order valence-electron chi connectivity index (χ0n) is 16.0. The van der Waals surface area contributed by atoms with Crippen LogP contribution in [0.1, 0.15) is 18.4 Å². The Kier molecular flexibility index (Phi) is 5.33. The van der Waals surface area contributed by atoms with Gasteiger partial charge >= 0.3 is 0 Å². The second-order valence-electron chi connectivity index (χ2n) is 7.29. The number of hydrogen-bond acceptors (Lipinski definition) is 4. The first-order valence-electron chi connectivity index (χ1n) is 9.71. The number of anilines is 2. The van der Waals surface area contributed by atoms with Crippen LogP contribution < -0.4 is 10.2 Å². The summed E-state index contributed by atoms with van der Waals surface area (Å²) in [5, 5.41) is 11.8. The molecule has 4 rings (SSSR count). The number of carbonyl (C=O) groups is 1. The Labute approximate surface area is 165 Å². The van der Waals surface area contributed by atoms with Crippen LogP contribution in [0.4, 0.5) is 11.5 Å². The van der Waals surface area contributed by atoms with Crippen molar-refractivity contribution < 1.29 is 4.79 Å². The molecule has 1 aromatic heterocycles. The smallest absolute Gasteiger partial charge is 0.229 e. The van der Waals surface area contributed by atoms with E-state index in [0.29, 0.717) is 6.54 Å². The van der Waals surface area contributed by atoms with Crippen molar-refractivity contribution in [3.8, 4) is 11.3 Å². The zero-order valence-corrected chi connectivity index (χ0v) is 16.0. The summed E-state index contributed by atoms with van der Waals surface area (Å²) in [6, 6.07) is 21.9. The van der Waals surface area contributed by atoms with Crippen LogP contribution >= 0.6 is 0 Å². The second-order valence-corrected chi connectivity index (χ2v) is 7.29. The van der Waals surface area contributed by atoms with Crippen molar-refractivity contribution in [3.05, 3.63) is 72.3 Å². The summed E-state index contributed by atoms with van der Waals surface area (Å²) < 4.78 is 0. The Hall–Kier alpha value is -3.21. The van der Waals surface area contributed by atoms with E-state index in [0.717, 1.165) is 47.7 Å². The van der Waals surface area contributed by atoms with Gasteiger partial charge in [0.1, 0.15) is 0 Å². The fraction of sp³-hybridized carbons (Fsp3) is 0.261. The predicted molar refractivity (Wildman–Crippen MR) is 112 cm³/mol. The number of aromatic nitrogens is 2. The molecular weight excluding hydrogens is 348 g/mol. The van der Waals surface area contributed by atoms with Gasteiger partial charge in [-0.25, -0.2) is 0 Å². The third kappa shape index (κ3) is 4.19. The molecule has 142 valence electrons. The summed E-state index contributed by atoms with van der Waals surface area (Å²) >= 11 is 0. The van der Waals surface area contributed by atoms with Gasteiger partial charge in [-0.05, 0) is 49.6 Å².